The van der Waals surface area contributed by atoms with Crippen LogP contribution in [-0.2, 0) is 0 Å². The number of nitrogens with one attached hydrogen (secondary N) is 1. The van der Waals surface area contributed by atoms with Crippen LogP contribution in [-0.4, -0.2) is 5.04 Å². The Balaban J connectivity index is 2.38. The maximum absolute atomic E-state index is 8.85. The van der Waals surface area contributed by atoms with Crippen LogP contribution in [0.3, 0.4) is 0 Å². The van der Waals surface area contributed by atoms with Gasteiger partial charge in [0, 0.05) is 9.38 Å². The maximum atomic E-state index is 8.85. The van der Waals surface area contributed by atoms with Crippen LogP contribution >= 0.6 is 27.7 Å². The lowest BCUT2D eigenvalue weighted by Crippen LogP contribution is -1.98. The molecular formula is C12H8BrN3S. The molecule has 0 radical (unpaired) electrons. The summed E-state index contributed by atoms with van der Waals surface area (Å²) in [4.78, 5) is 0.758. The third kappa shape index (κ3) is 2.43. The molecule has 2 rings (SSSR count). The van der Waals surface area contributed by atoms with Crippen LogP contribution in [0.25, 0.3) is 6.08 Å². The maximum Gasteiger partial charge on any atom is 0.112 e. The van der Waals surface area contributed by atoms with Gasteiger partial charge in [0.05, 0.1) is 5.70 Å². The molecule has 17 heavy (non-hydrogen) atoms. The van der Waals surface area contributed by atoms with Crippen molar-refractivity contribution in [3.63, 3.8) is 0 Å². The number of benzene rings is 1. The van der Waals surface area contributed by atoms with Crippen LogP contribution in [0.15, 0.2) is 44.9 Å². The Morgan fingerprint density at radius 3 is 2.53 bits per heavy atom. The van der Waals surface area contributed by atoms with E-state index in [2.05, 4.69) is 15.9 Å². The molecule has 0 amide bonds. The van der Waals surface area contributed by atoms with Crippen molar-refractivity contribution in [2.75, 3.05) is 0 Å². The minimum atomic E-state index is 0.216. The summed E-state index contributed by atoms with van der Waals surface area (Å²) in [5.74, 6) is 0. The van der Waals surface area contributed by atoms with Gasteiger partial charge in [-0.15, -0.1) is 0 Å². The first-order chi connectivity index (χ1) is 8.11. The highest BCUT2D eigenvalue weighted by molar-refractivity contribution is 9.10. The number of nitrogens with two attached hydrogens (primary N) is 1. The molecule has 0 spiro atoms. The van der Waals surface area contributed by atoms with Crippen LogP contribution in [0.5, 0.6) is 0 Å². The molecule has 0 unspecified atom stereocenters. The molecule has 0 aromatic heterocycles. The van der Waals surface area contributed by atoms with Gasteiger partial charge in [-0.3, -0.25) is 5.41 Å². The fourth-order valence-electron chi connectivity index (χ4n) is 1.39. The molecule has 0 saturated carbocycles. The molecule has 0 fully saturated rings. The monoisotopic (exact) mass is 305 g/mol. The van der Waals surface area contributed by atoms with E-state index >= 15 is 0 Å². The summed E-state index contributed by atoms with van der Waals surface area (Å²) in [6, 6.07) is 9.70. The molecule has 1 aliphatic rings. The smallest absolute Gasteiger partial charge is 0.112 e. The molecule has 84 valence electrons. The van der Waals surface area contributed by atoms with Crippen LogP contribution in [0.1, 0.15) is 5.56 Å². The second-order valence-electron chi connectivity index (χ2n) is 3.39. The van der Waals surface area contributed by atoms with E-state index in [1.165, 1.54) is 11.8 Å². The van der Waals surface area contributed by atoms with E-state index in [1.54, 1.807) is 0 Å². The first kappa shape index (κ1) is 12.0. The van der Waals surface area contributed by atoms with Gasteiger partial charge in [0.1, 0.15) is 16.7 Å². The van der Waals surface area contributed by atoms with E-state index in [9.17, 15) is 0 Å². The Kier molecular flexibility index (Phi) is 3.36. The summed E-state index contributed by atoms with van der Waals surface area (Å²) in [6.45, 7) is 0. The third-order valence-electron chi connectivity index (χ3n) is 2.25. The molecule has 0 aliphatic carbocycles. The Hall–Kier alpha value is -1.51. The molecule has 1 heterocycles. The van der Waals surface area contributed by atoms with Crippen molar-refractivity contribution in [3.8, 4) is 6.07 Å². The highest BCUT2D eigenvalue weighted by Crippen LogP contribution is 2.36. The van der Waals surface area contributed by atoms with Crippen molar-refractivity contribution in [2.24, 2.45) is 5.73 Å². The standard InChI is InChI=1S/C12H8BrN3S/c13-8-3-1-7(2-4-8)5-10-11(15)9(6-14)12(16)17-10/h1-5,16H,15H2/b10-5-,16-12?. The molecule has 1 aromatic rings. The van der Waals surface area contributed by atoms with Gasteiger partial charge in [-0.2, -0.15) is 5.26 Å². The number of halogens is 1. The van der Waals surface area contributed by atoms with Crippen molar-refractivity contribution >= 4 is 38.8 Å². The zero-order valence-corrected chi connectivity index (χ0v) is 11.1. The minimum absolute atomic E-state index is 0.216. The van der Waals surface area contributed by atoms with Gasteiger partial charge in [0.2, 0.25) is 0 Å². The van der Waals surface area contributed by atoms with Gasteiger partial charge in [-0.25, -0.2) is 0 Å². The van der Waals surface area contributed by atoms with E-state index in [0.717, 1.165) is 14.9 Å². The highest BCUT2D eigenvalue weighted by atomic mass is 79.9. The summed E-state index contributed by atoms with van der Waals surface area (Å²) >= 11 is 4.58. The Morgan fingerprint density at radius 1 is 1.35 bits per heavy atom. The second-order valence-corrected chi connectivity index (χ2v) is 5.36. The third-order valence-corrected chi connectivity index (χ3v) is 3.75. The molecule has 0 saturated heterocycles. The average Bonchev–Trinajstić information content (AvgIpc) is 2.57. The number of hydrogen-bond donors (Lipinski definition) is 2. The number of nitrogens with zero attached hydrogens (tertiary/aromatic N) is 1. The fraction of sp³-hybridized carbons (Fsp3) is 0. The lowest BCUT2D eigenvalue weighted by Gasteiger charge is -1.99. The van der Waals surface area contributed by atoms with E-state index < -0.39 is 0 Å². The summed E-state index contributed by atoms with van der Waals surface area (Å²) in [5, 5.41) is 16.7. The van der Waals surface area contributed by atoms with Gasteiger partial charge in [0.15, 0.2) is 0 Å². The molecular weight excluding hydrogens is 298 g/mol. The Bertz CT molecular complexity index is 579. The molecule has 1 aliphatic heterocycles. The first-order valence-corrected chi connectivity index (χ1v) is 6.37. The predicted molar refractivity (Wildman–Crippen MR) is 74.3 cm³/mol. The zero-order valence-electron chi connectivity index (χ0n) is 8.70. The van der Waals surface area contributed by atoms with Crippen LogP contribution in [0.4, 0.5) is 0 Å². The Morgan fingerprint density at radius 2 is 2.00 bits per heavy atom. The minimum Gasteiger partial charge on any atom is -0.397 e. The van der Waals surface area contributed by atoms with E-state index in [4.69, 9.17) is 16.4 Å². The van der Waals surface area contributed by atoms with Crippen LogP contribution in [0.2, 0.25) is 0 Å². The summed E-state index contributed by atoms with van der Waals surface area (Å²) in [7, 11) is 0. The molecule has 1 aromatic carbocycles. The zero-order chi connectivity index (χ0) is 12.4. The van der Waals surface area contributed by atoms with Crippen molar-refractivity contribution < 1.29 is 0 Å². The van der Waals surface area contributed by atoms with Crippen molar-refractivity contribution in [3.05, 3.63) is 50.5 Å². The van der Waals surface area contributed by atoms with E-state index in [0.29, 0.717) is 5.70 Å². The lowest BCUT2D eigenvalue weighted by atomic mass is 10.1. The average molecular weight is 306 g/mol. The van der Waals surface area contributed by atoms with Gasteiger partial charge in [0.25, 0.3) is 0 Å². The van der Waals surface area contributed by atoms with Crippen molar-refractivity contribution in [1.82, 2.24) is 0 Å². The van der Waals surface area contributed by atoms with Crippen LogP contribution < -0.4 is 5.73 Å². The SMILES string of the molecule is N#CC1=C(N)/C(=C/c2ccc(Br)cc2)SC1=N. The molecule has 3 nitrogen and oxygen atoms in total. The van der Waals surface area contributed by atoms with Crippen molar-refractivity contribution in [2.45, 2.75) is 0 Å². The summed E-state index contributed by atoms with van der Waals surface area (Å²) < 4.78 is 1.01. The lowest BCUT2D eigenvalue weighted by molar-refractivity contribution is 1.38. The van der Waals surface area contributed by atoms with Gasteiger partial charge < -0.3 is 5.73 Å². The number of rotatable bonds is 1. The largest absolute Gasteiger partial charge is 0.397 e. The number of thioether (sulfide) groups is 1. The van der Waals surface area contributed by atoms with Crippen molar-refractivity contribution in [1.29, 1.82) is 10.7 Å². The summed E-state index contributed by atoms with van der Waals surface area (Å²) in [5.41, 5.74) is 7.47. The number of hydrogen-bond acceptors (Lipinski definition) is 4. The quantitative estimate of drug-likeness (QED) is 0.836. The second kappa shape index (κ2) is 4.78. The summed E-state index contributed by atoms with van der Waals surface area (Å²) in [6.07, 6.45) is 1.88. The number of nitriles is 1. The molecule has 5 heteroatoms. The molecule has 3 N–H and O–H groups in total. The fourth-order valence-corrected chi connectivity index (χ4v) is 2.54. The van der Waals surface area contributed by atoms with E-state index in [1.807, 2.05) is 36.4 Å². The Labute approximate surface area is 112 Å². The van der Waals surface area contributed by atoms with Gasteiger partial charge in [-0.05, 0) is 23.8 Å². The van der Waals surface area contributed by atoms with Gasteiger partial charge >= 0.3 is 0 Å². The normalized spacial score (nSPS) is 17.6. The highest BCUT2D eigenvalue weighted by Gasteiger charge is 2.23. The first-order valence-electron chi connectivity index (χ1n) is 4.76. The molecule has 0 atom stereocenters. The topological polar surface area (TPSA) is 73.7 Å². The predicted octanol–water partition coefficient (Wildman–Crippen LogP) is 3.25. The van der Waals surface area contributed by atoms with Gasteiger partial charge in [-0.1, -0.05) is 39.8 Å². The molecule has 0 bridgehead atoms. The van der Waals surface area contributed by atoms with Crippen LogP contribution in [0, 0.1) is 16.7 Å². The van der Waals surface area contributed by atoms with E-state index in [-0.39, 0.29) is 10.6 Å².